The van der Waals surface area contributed by atoms with Crippen LogP contribution in [0.4, 0.5) is 5.95 Å². The van der Waals surface area contributed by atoms with Gasteiger partial charge in [0, 0.05) is 24.5 Å². The van der Waals surface area contributed by atoms with Crippen LogP contribution in [0, 0.1) is 12.8 Å². The quantitative estimate of drug-likeness (QED) is 0.472. The number of methoxy groups -OCH3 is 2. The third kappa shape index (κ3) is 4.58. The molecular formula is C26H35N5O5SSi. The molecule has 2 fully saturated rings. The van der Waals surface area contributed by atoms with Gasteiger partial charge >= 0.3 is 0 Å². The lowest BCUT2D eigenvalue weighted by Crippen LogP contribution is -2.47. The molecule has 1 aliphatic carbocycles. The summed E-state index contributed by atoms with van der Waals surface area (Å²) in [6.07, 6.45) is 4.42. The van der Waals surface area contributed by atoms with E-state index in [0.29, 0.717) is 34.1 Å². The SMILES string of the molecule is COc1cccc(OC)c1-n1c(-c2cncc(C)c2)nnc1N1CC[Si](C)(C)C2CCC2[C@H](O)CS1(=O)=O. The fourth-order valence-electron chi connectivity index (χ4n) is 5.88. The third-order valence-electron chi connectivity index (χ3n) is 8.13. The van der Waals surface area contributed by atoms with Crippen LogP contribution >= 0.6 is 0 Å². The van der Waals surface area contributed by atoms with E-state index in [-0.39, 0.29) is 24.2 Å². The second-order valence-electron chi connectivity index (χ2n) is 10.9. The number of ether oxygens (including phenoxy) is 2. The van der Waals surface area contributed by atoms with Crippen LogP contribution in [0.25, 0.3) is 17.1 Å². The fourth-order valence-corrected chi connectivity index (χ4v) is 11.3. The van der Waals surface area contributed by atoms with Crippen molar-refractivity contribution >= 4 is 24.0 Å². The summed E-state index contributed by atoms with van der Waals surface area (Å²) in [4.78, 5) is 4.32. The number of aliphatic hydroxyl groups is 1. The minimum absolute atomic E-state index is 0.0347. The maximum Gasteiger partial charge on any atom is 0.246 e. The van der Waals surface area contributed by atoms with Crippen molar-refractivity contribution in [1.29, 1.82) is 0 Å². The highest BCUT2D eigenvalue weighted by molar-refractivity contribution is 7.92. The van der Waals surface area contributed by atoms with Crippen molar-refractivity contribution in [3.05, 3.63) is 42.2 Å². The van der Waals surface area contributed by atoms with Crippen molar-refractivity contribution in [3.63, 3.8) is 0 Å². The van der Waals surface area contributed by atoms with Gasteiger partial charge in [-0.05, 0) is 54.6 Å². The lowest BCUT2D eigenvalue weighted by molar-refractivity contribution is 0.0782. The van der Waals surface area contributed by atoms with Gasteiger partial charge in [-0.3, -0.25) is 9.55 Å². The summed E-state index contributed by atoms with van der Waals surface area (Å²) in [6, 6.07) is 8.03. The number of hydrogen-bond acceptors (Lipinski definition) is 8. The van der Waals surface area contributed by atoms with Crippen LogP contribution in [0.15, 0.2) is 36.7 Å². The Kier molecular flexibility index (Phi) is 6.99. The molecule has 204 valence electrons. The normalized spacial score (nSPS) is 24.4. The maximum atomic E-state index is 13.9. The van der Waals surface area contributed by atoms with Crippen LogP contribution in [-0.4, -0.2) is 74.0 Å². The topological polar surface area (TPSA) is 120 Å². The molecule has 5 rings (SSSR count). The number of benzene rings is 1. The molecule has 3 heterocycles. The van der Waals surface area contributed by atoms with Gasteiger partial charge in [0.2, 0.25) is 16.0 Å². The number of aryl methyl sites for hydroxylation is 1. The summed E-state index contributed by atoms with van der Waals surface area (Å²) in [5.74, 6) is 1.17. The lowest BCUT2D eigenvalue weighted by atomic mass is 9.81. The van der Waals surface area contributed by atoms with Crippen LogP contribution in [0.2, 0.25) is 24.7 Å². The summed E-state index contributed by atoms with van der Waals surface area (Å²) < 4.78 is 42.3. The first-order valence-corrected chi connectivity index (χ1v) is 17.7. The predicted molar refractivity (Wildman–Crippen MR) is 148 cm³/mol. The van der Waals surface area contributed by atoms with Gasteiger partial charge in [0.05, 0.1) is 34.2 Å². The number of sulfonamides is 1. The molecule has 0 amide bonds. The first-order chi connectivity index (χ1) is 18.1. The fraction of sp³-hybridized carbons (Fsp3) is 0.500. The van der Waals surface area contributed by atoms with Gasteiger partial charge in [-0.1, -0.05) is 25.6 Å². The predicted octanol–water partition coefficient (Wildman–Crippen LogP) is 3.65. The van der Waals surface area contributed by atoms with Crippen molar-refractivity contribution in [3.8, 4) is 28.6 Å². The van der Waals surface area contributed by atoms with Crippen molar-refractivity contribution in [1.82, 2.24) is 19.7 Å². The van der Waals surface area contributed by atoms with E-state index in [4.69, 9.17) is 9.47 Å². The van der Waals surface area contributed by atoms with Crippen LogP contribution in [-0.2, 0) is 10.0 Å². The van der Waals surface area contributed by atoms with E-state index in [9.17, 15) is 13.5 Å². The van der Waals surface area contributed by atoms with E-state index in [1.165, 1.54) is 4.31 Å². The molecular weight excluding hydrogens is 522 g/mol. The second kappa shape index (κ2) is 9.97. The highest BCUT2D eigenvalue weighted by Gasteiger charge is 2.49. The molecule has 1 saturated carbocycles. The molecule has 0 radical (unpaired) electrons. The van der Waals surface area contributed by atoms with E-state index in [0.717, 1.165) is 24.4 Å². The number of pyridine rings is 1. The van der Waals surface area contributed by atoms with Crippen LogP contribution in [0.1, 0.15) is 18.4 Å². The van der Waals surface area contributed by atoms with Gasteiger partial charge in [0.1, 0.15) is 17.2 Å². The molecule has 0 spiro atoms. The summed E-state index contributed by atoms with van der Waals surface area (Å²) >= 11 is 0. The number of nitrogens with zero attached hydrogens (tertiary/aromatic N) is 5. The standard InChI is InChI=1S/C26H35N5O5SSi/c1-17-13-18(15-27-14-17)25-28-29-26(31(25)24-21(35-2)7-6-8-22(24)36-3)30-11-12-38(4,5)23-10-9-19(23)20(32)16-37(30,33)34/h6-8,13-15,19-20,23,32H,9-12,16H2,1-5H3/t19?,20-,23?/m1/s1. The van der Waals surface area contributed by atoms with Crippen molar-refractivity contribution in [2.24, 2.45) is 5.92 Å². The van der Waals surface area contributed by atoms with Gasteiger partial charge in [-0.2, -0.15) is 0 Å². The van der Waals surface area contributed by atoms with Gasteiger partial charge in [0.25, 0.3) is 0 Å². The zero-order valence-corrected chi connectivity index (χ0v) is 24.3. The Balaban J connectivity index is 1.74. The van der Waals surface area contributed by atoms with E-state index < -0.39 is 24.2 Å². The summed E-state index contributed by atoms with van der Waals surface area (Å²) in [6.45, 7) is 6.78. The molecule has 12 heteroatoms. The Hall–Kier alpha value is -2.96. The molecule has 1 aromatic carbocycles. The summed E-state index contributed by atoms with van der Waals surface area (Å²) in [5.41, 5.74) is 2.49. The molecule has 2 aliphatic rings. The number of aliphatic hydroxyl groups excluding tert-OH is 1. The molecule has 1 aliphatic heterocycles. The second-order valence-corrected chi connectivity index (χ2v) is 18.1. The molecule has 3 atom stereocenters. The monoisotopic (exact) mass is 557 g/mol. The number of anilines is 1. The molecule has 1 saturated heterocycles. The van der Waals surface area contributed by atoms with Crippen LogP contribution in [0.5, 0.6) is 11.5 Å². The minimum Gasteiger partial charge on any atom is -0.494 e. The van der Waals surface area contributed by atoms with Crippen molar-refractivity contribution < 1.29 is 23.0 Å². The highest BCUT2D eigenvalue weighted by Crippen LogP contribution is 2.51. The molecule has 1 N–H and O–H groups in total. The van der Waals surface area contributed by atoms with Crippen LogP contribution < -0.4 is 13.8 Å². The Morgan fingerprint density at radius 3 is 2.39 bits per heavy atom. The van der Waals surface area contributed by atoms with Gasteiger partial charge < -0.3 is 14.6 Å². The molecule has 2 unspecified atom stereocenters. The third-order valence-corrected chi connectivity index (χ3v) is 14.1. The average molecular weight is 558 g/mol. The van der Waals surface area contributed by atoms with Crippen molar-refractivity contribution in [2.75, 3.05) is 30.8 Å². The van der Waals surface area contributed by atoms with Gasteiger partial charge in [-0.25, -0.2) is 12.7 Å². The molecule has 3 aromatic rings. The molecule has 10 nitrogen and oxygen atoms in total. The first-order valence-electron chi connectivity index (χ1n) is 12.8. The summed E-state index contributed by atoms with van der Waals surface area (Å²) in [5, 5.41) is 20.0. The number of rotatable bonds is 5. The average Bonchev–Trinajstić information content (AvgIpc) is 3.25. The Morgan fingerprint density at radius 2 is 1.79 bits per heavy atom. The maximum absolute atomic E-state index is 13.9. The minimum atomic E-state index is -3.94. The zero-order chi connectivity index (χ0) is 27.2. The molecule has 2 aromatic heterocycles. The van der Waals surface area contributed by atoms with E-state index in [1.807, 2.05) is 13.0 Å². The molecule has 0 bridgehead atoms. The number of hydrogen-bond donors (Lipinski definition) is 1. The van der Waals surface area contributed by atoms with Crippen LogP contribution in [0.3, 0.4) is 0 Å². The lowest BCUT2D eigenvalue weighted by Gasteiger charge is -2.47. The summed E-state index contributed by atoms with van der Waals surface area (Å²) in [7, 11) is -2.69. The van der Waals surface area contributed by atoms with E-state index in [2.05, 4.69) is 28.3 Å². The van der Waals surface area contributed by atoms with E-state index >= 15 is 0 Å². The Labute approximate surface area is 224 Å². The molecule has 38 heavy (non-hydrogen) atoms. The Bertz CT molecular complexity index is 1420. The van der Waals surface area contributed by atoms with Crippen molar-refractivity contribution in [2.45, 2.75) is 50.5 Å². The zero-order valence-electron chi connectivity index (χ0n) is 22.5. The number of fused-ring (bicyclic) bond motifs is 1. The van der Waals surface area contributed by atoms with Gasteiger partial charge in [0.15, 0.2) is 5.82 Å². The highest BCUT2D eigenvalue weighted by atomic mass is 32.2. The Morgan fingerprint density at radius 1 is 1.08 bits per heavy atom. The van der Waals surface area contributed by atoms with E-state index in [1.54, 1.807) is 49.4 Å². The first kappa shape index (κ1) is 26.6. The smallest absolute Gasteiger partial charge is 0.246 e. The number of aromatic nitrogens is 4. The largest absolute Gasteiger partial charge is 0.494 e. The van der Waals surface area contributed by atoms with Gasteiger partial charge in [-0.15, -0.1) is 10.2 Å². The number of para-hydroxylation sites is 1.